The van der Waals surface area contributed by atoms with Gasteiger partial charge in [-0.1, -0.05) is 98.4 Å². The van der Waals surface area contributed by atoms with Gasteiger partial charge in [0.25, 0.3) is 0 Å². The van der Waals surface area contributed by atoms with Crippen LogP contribution in [0.1, 0.15) is 0 Å². The van der Waals surface area contributed by atoms with Crippen molar-refractivity contribution in [2.24, 2.45) is 0 Å². The Kier molecular flexibility index (Phi) is 6.17. The van der Waals surface area contributed by atoms with Crippen LogP contribution in [0.5, 0.6) is 0 Å². The summed E-state index contributed by atoms with van der Waals surface area (Å²) in [7, 11) is 45.3. The van der Waals surface area contributed by atoms with Crippen LogP contribution in [0.2, 0.25) is 0 Å². The number of hydrogen-bond acceptors (Lipinski definition) is 1. The summed E-state index contributed by atoms with van der Waals surface area (Å²) in [6, 6.07) is 24.7. The fourth-order valence-corrected chi connectivity index (χ4v) is 6.24. The molecule has 1 nitrogen and oxygen atoms in total. The molecule has 1 aromatic heterocycles. The third-order valence-corrected chi connectivity index (χ3v) is 8.48. The molecule has 0 aliphatic rings. The number of halogens is 1. The predicted octanol–water partition coefficient (Wildman–Crippen LogP) is 1.55. The minimum absolute atomic E-state index is 0.143. The van der Waals surface area contributed by atoms with Crippen molar-refractivity contribution in [1.29, 1.82) is 0 Å². The van der Waals surface area contributed by atoms with E-state index in [1.807, 2.05) is 36.4 Å². The first-order valence-electron chi connectivity index (χ1n) is 12.8. The third-order valence-electron chi connectivity index (χ3n) is 7.95. The summed E-state index contributed by atoms with van der Waals surface area (Å²) in [4.78, 5) is 0. The van der Waals surface area contributed by atoms with Gasteiger partial charge in [0.2, 0.25) is 0 Å². The molecule has 41 heavy (non-hydrogen) atoms. The molecule has 0 atom stereocenters. The van der Waals surface area contributed by atoms with Gasteiger partial charge in [-0.15, -0.1) is 16.4 Å². The average Bonchev–Trinajstić information content (AvgIpc) is 3.39. The quantitative estimate of drug-likeness (QED) is 0.228. The summed E-state index contributed by atoms with van der Waals surface area (Å²) in [5, 5.41) is 5.07. The SMILES string of the molecule is [B]c1c([B])c([B])c2c(oc3c([B])c([B])c([B])c(-c4c5ccccc5c(-c5ccc(Br)cc5)c5ccccc45)c32)c1[B]. The van der Waals surface area contributed by atoms with E-state index >= 15 is 0 Å². The van der Waals surface area contributed by atoms with E-state index in [0.717, 1.165) is 42.7 Å². The van der Waals surface area contributed by atoms with Gasteiger partial charge in [-0.2, -0.15) is 0 Å². The number of fused-ring (bicyclic) bond motifs is 5. The van der Waals surface area contributed by atoms with Gasteiger partial charge in [-0.05, 0) is 55.9 Å². The van der Waals surface area contributed by atoms with Gasteiger partial charge in [0.05, 0.1) is 0 Å². The van der Waals surface area contributed by atoms with Crippen molar-refractivity contribution in [3.63, 3.8) is 0 Å². The number of benzene rings is 6. The largest absolute Gasteiger partial charge is 0.457 e. The Hall–Kier alpha value is -3.43. The molecule has 0 N–H and O–H groups in total. The Bertz CT molecular complexity index is 2180. The van der Waals surface area contributed by atoms with Gasteiger partial charge in [-0.25, -0.2) is 0 Å². The van der Waals surface area contributed by atoms with Crippen molar-refractivity contribution < 1.29 is 4.42 Å². The Morgan fingerprint density at radius 2 is 0.854 bits per heavy atom. The lowest BCUT2D eigenvalue weighted by atomic mass is 9.64. The Labute approximate surface area is 255 Å². The molecule has 7 rings (SSSR count). The molecule has 0 aliphatic heterocycles. The lowest BCUT2D eigenvalue weighted by Gasteiger charge is -2.22. The molecule has 0 bridgehead atoms. The van der Waals surface area contributed by atoms with Crippen molar-refractivity contribution >= 4 is 153 Å². The van der Waals surface area contributed by atoms with Crippen LogP contribution in [0.15, 0.2) is 81.7 Å². The van der Waals surface area contributed by atoms with E-state index in [9.17, 15) is 0 Å². The Morgan fingerprint density at radius 1 is 0.415 bits per heavy atom. The van der Waals surface area contributed by atoms with Gasteiger partial charge in [0.1, 0.15) is 66.1 Å². The minimum atomic E-state index is 0.143. The number of furan rings is 1. The molecular formula is C32H12B7BrO. The van der Waals surface area contributed by atoms with Gasteiger partial charge in [0.15, 0.2) is 0 Å². The maximum Gasteiger partial charge on any atom is 0.128 e. The molecule has 0 unspecified atom stereocenters. The van der Waals surface area contributed by atoms with Crippen LogP contribution >= 0.6 is 15.9 Å². The third kappa shape index (κ3) is 3.71. The first-order valence-corrected chi connectivity index (χ1v) is 13.6. The number of rotatable bonds is 2. The van der Waals surface area contributed by atoms with Gasteiger partial charge in [-0.3, -0.25) is 0 Å². The van der Waals surface area contributed by atoms with Crippen LogP contribution in [0.4, 0.5) is 0 Å². The summed E-state index contributed by atoms with van der Waals surface area (Å²) in [5.41, 5.74) is 5.68. The van der Waals surface area contributed by atoms with Crippen LogP contribution in [-0.4, -0.2) is 54.9 Å². The maximum absolute atomic E-state index is 6.86. The molecule has 0 saturated heterocycles. The molecule has 174 valence electrons. The Morgan fingerprint density at radius 3 is 1.39 bits per heavy atom. The zero-order chi connectivity index (χ0) is 28.7. The second-order valence-electron chi connectivity index (χ2n) is 10.1. The highest BCUT2D eigenvalue weighted by Gasteiger charge is 2.25. The van der Waals surface area contributed by atoms with Crippen molar-refractivity contribution in [1.82, 2.24) is 0 Å². The van der Waals surface area contributed by atoms with Crippen LogP contribution in [0, 0.1) is 0 Å². The summed E-state index contributed by atoms with van der Waals surface area (Å²) in [6.45, 7) is 0. The first kappa shape index (κ1) is 26.5. The highest BCUT2D eigenvalue weighted by molar-refractivity contribution is 9.10. The minimum Gasteiger partial charge on any atom is -0.457 e. The molecule has 6 aromatic carbocycles. The van der Waals surface area contributed by atoms with Crippen LogP contribution < -0.4 is 38.2 Å². The predicted molar refractivity (Wildman–Crippen MR) is 185 cm³/mol. The van der Waals surface area contributed by atoms with Crippen molar-refractivity contribution in [2.75, 3.05) is 0 Å². The molecule has 0 saturated carbocycles. The lowest BCUT2D eigenvalue weighted by Crippen LogP contribution is -2.47. The zero-order valence-electron chi connectivity index (χ0n) is 21.8. The molecule has 0 amide bonds. The second kappa shape index (κ2) is 9.56. The van der Waals surface area contributed by atoms with Crippen LogP contribution in [0.25, 0.3) is 65.7 Å². The molecule has 0 fully saturated rings. The average molecular weight is 568 g/mol. The second-order valence-corrected chi connectivity index (χ2v) is 11.0. The normalized spacial score (nSPS) is 11.7. The molecule has 1 heterocycles. The van der Waals surface area contributed by atoms with Crippen molar-refractivity contribution in [2.45, 2.75) is 0 Å². The molecule has 7 aromatic rings. The van der Waals surface area contributed by atoms with E-state index in [0.29, 0.717) is 27.4 Å². The van der Waals surface area contributed by atoms with Crippen LogP contribution in [-0.2, 0) is 0 Å². The van der Waals surface area contributed by atoms with Gasteiger partial charge < -0.3 is 4.42 Å². The van der Waals surface area contributed by atoms with E-state index in [2.05, 4.69) is 52.3 Å². The Balaban J connectivity index is 1.77. The van der Waals surface area contributed by atoms with Crippen molar-refractivity contribution in [3.05, 3.63) is 77.3 Å². The fourth-order valence-electron chi connectivity index (χ4n) is 5.97. The standard InChI is InChI=1S/C32H12B7BrO/c33-24-21(22-23-25(34)26(35)28(37)30(39)32(23)41-31(22)29(38)27(24)36)20-17-7-3-1-5-15(17)19(13-9-11-14(40)12-10-13)16-6-2-4-8-18(16)20/h1-12H. The zero-order valence-corrected chi connectivity index (χ0v) is 23.3. The first-order chi connectivity index (χ1) is 19.7. The molecule has 0 spiro atoms. The van der Waals surface area contributed by atoms with Crippen molar-refractivity contribution in [3.8, 4) is 22.3 Å². The lowest BCUT2D eigenvalue weighted by molar-refractivity contribution is 0.675. The summed E-state index contributed by atoms with van der Waals surface area (Å²) in [6.07, 6.45) is 0. The van der Waals surface area contributed by atoms with Crippen LogP contribution in [0.3, 0.4) is 0 Å². The molecule has 9 heteroatoms. The highest BCUT2D eigenvalue weighted by Crippen LogP contribution is 2.45. The summed E-state index contributed by atoms with van der Waals surface area (Å²) in [5.74, 6) is 0. The molecular weight excluding hydrogens is 556 g/mol. The smallest absolute Gasteiger partial charge is 0.128 e. The van der Waals surface area contributed by atoms with E-state index in [1.54, 1.807) is 0 Å². The summed E-state index contributed by atoms with van der Waals surface area (Å²) < 4.78 is 7.25. The maximum atomic E-state index is 6.86. The van der Waals surface area contributed by atoms with E-state index in [-0.39, 0.29) is 38.4 Å². The van der Waals surface area contributed by atoms with E-state index < -0.39 is 0 Å². The molecule has 0 aliphatic carbocycles. The van der Waals surface area contributed by atoms with Gasteiger partial charge >= 0.3 is 0 Å². The number of hydrogen-bond donors (Lipinski definition) is 0. The topological polar surface area (TPSA) is 13.1 Å². The van der Waals surface area contributed by atoms with E-state index in [1.165, 1.54) is 0 Å². The fraction of sp³-hybridized carbons (Fsp3) is 0. The molecule has 14 radical (unpaired) electrons. The van der Waals surface area contributed by atoms with Gasteiger partial charge in [0, 0.05) is 15.2 Å². The monoisotopic (exact) mass is 568 g/mol. The summed E-state index contributed by atoms with van der Waals surface area (Å²) >= 11 is 3.56. The highest BCUT2D eigenvalue weighted by atomic mass is 79.9. The van der Waals surface area contributed by atoms with E-state index in [4.69, 9.17) is 59.3 Å².